The van der Waals surface area contributed by atoms with Crippen LogP contribution in [0.15, 0.2) is 72.8 Å². The fourth-order valence-corrected chi connectivity index (χ4v) is 5.89. The van der Waals surface area contributed by atoms with Crippen LogP contribution in [-0.2, 0) is 4.79 Å². The molecule has 2 aromatic heterocycles. The first-order valence-electron chi connectivity index (χ1n) is 15.5. The minimum absolute atomic E-state index is 0.0142. The lowest BCUT2D eigenvalue weighted by Crippen LogP contribution is -2.49. The van der Waals surface area contributed by atoms with Crippen LogP contribution in [0.25, 0.3) is 38.9 Å². The standard InChI is InChI=1S/C30H24F2N6O3.C5H11N/c1-41-30-35-27-22(8-7-21(26(27)32)23-16-19(39)15-18-5-2-3-6-20(18)23)28(36-30)37-11-13-38(14-12-37)29(40)24(31)17-25-33-9-4-10-34-25;1-6-4-2-3-5-6/h2-10,15-17,39H,11-14H2,1H3;2-5H2,1H3/b24-17-;. The third-order valence-corrected chi connectivity index (χ3v) is 8.33. The van der Waals surface area contributed by atoms with Crippen molar-refractivity contribution < 1.29 is 23.4 Å². The summed E-state index contributed by atoms with van der Waals surface area (Å²) in [6.07, 6.45) is 6.77. The maximum Gasteiger partial charge on any atom is 0.318 e. The molecule has 0 saturated carbocycles. The number of carbonyl (C=O) groups excluding carboxylic acids is 1. The largest absolute Gasteiger partial charge is 0.508 e. The summed E-state index contributed by atoms with van der Waals surface area (Å²) in [7, 11) is 3.57. The summed E-state index contributed by atoms with van der Waals surface area (Å²) in [5.74, 6) is -1.71. The molecule has 0 radical (unpaired) electrons. The molecule has 2 fully saturated rings. The molecule has 47 heavy (non-hydrogen) atoms. The molecule has 1 N–H and O–H groups in total. The van der Waals surface area contributed by atoms with Gasteiger partial charge < -0.3 is 24.5 Å². The number of carbonyl (C=O) groups is 1. The van der Waals surface area contributed by atoms with Crippen LogP contribution < -0.4 is 9.64 Å². The molecule has 2 aliphatic heterocycles. The number of ether oxygens (including phenoxy) is 1. The van der Waals surface area contributed by atoms with E-state index in [0.29, 0.717) is 29.9 Å². The molecule has 2 aliphatic rings. The molecule has 3 aromatic carbocycles. The number of nitrogens with zero attached hydrogens (tertiary/aromatic N) is 7. The molecular formula is C35H35F2N7O3. The Morgan fingerprint density at radius 1 is 0.894 bits per heavy atom. The van der Waals surface area contributed by atoms with Gasteiger partial charge in [0.15, 0.2) is 17.5 Å². The topological polar surface area (TPSA) is 108 Å². The zero-order valence-electron chi connectivity index (χ0n) is 26.2. The molecule has 0 bridgehead atoms. The number of benzene rings is 3. The number of piperazine rings is 1. The van der Waals surface area contributed by atoms with Crippen molar-refractivity contribution >= 4 is 39.5 Å². The summed E-state index contributed by atoms with van der Waals surface area (Å²) in [5, 5.41) is 12.3. The van der Waals surface area contributed by atoms with Gasteiger partial charge in [0.1, 0.15) is 17.1 Å². The molecule has 0 aliphatic carbocycles. The average molecular weight is 640 g/mol. The molecule has 0 atom stereocenters. The summed E-state index contributed by atoms with van der Waals surface area (Å²) >= 11 is 0. The fourth-order valence-electron chi connectivity index (χ4n) is 5.89. The zero-order chi connectivity index (χ0) is 32.9. The van der Waals surface area contributed by atoms with Gasteiger partial charge in [-0.15, -0.1) is 0 Å². The van der Waals surface area contributed by atoms with Gasteiger partial charge in [-0.25, -0.2) is 18.7 Å². The van der Waals surface area contributed by atoms with Crippen molar-refractivity contribution in [1.82, 2.24) is 29.7 Å². The van der Waals surface area contributed by atoms with Gasteiger partial charge in [0.05, 0.1) is 7.11 Å². The van der Waals surface area contributed by atoms with E-state index in [1.165, 1.54) is 56.4 Å². The first-order valence-corrected chi connectivity index (χ1v) is 15.5. The van der Waals surface area contributed by atoms with Gasteiger partial charge in [0.2, 0.25) is 0 Å². The number of likely N-dealkylation sites (tertiary alicyclic amines) is 1. The second-order valence-electron chi connectivity index (χ2n) is 11.5. The predicted molar refractivity (Wildman–Crippen MR) is 177 cm³/mol. The Morgan fingerprint density at radius 2 is 1.62 bits per heavy atom. The van der Waals surface area contributed by atoms with Crippen LogP contribution in [-0.4, -0.2) is 94.2 Å². The molecule has 2 saturated heterocycles. The van der Waals surface area contributed by atoms with Crippen LogP contribution in [0.4, 0.5) is 14.6 Å². The van der Waals surface area contributed by atoms with E-state index in [9.17, 15) is 14.3 Å². The molecule has 12 heteroatoms. The molecule has 242 valence electrons. The number of methoxy groups -OCH3 is 1. The van der Waals surface area contributed by atoms with E-state index in [0.717, 1.165) is 16.8 Å². The monoisotopic (exact) mass is 639 g/mol. The number of anilines is 1. The van der Waals surface area contributed by atoms with E-state index in [2.05, 4.69) is 31.9 Å². The zero-order valence-corrected chi connectivity index (χ0v) is 26.2. The number of amides is 1. The molecule has 5 aromatic rings. The highest BCUT2D eigenvalue weighted by Gasteiger charge is 2.27. The quantitative estimate of drug-likeness (QED) is 0.251. The van der Waals surface area contributed by atoms with Crippen molar-refractivity contribution in [2.24, 2.45) is 0 Å². The fraction of sp³-hybridized carbons (Fsp3) is 0.286. The molecule has 0 unspecified atom stereocenters. The lowest BCUT2D eigenvalue weighted by Gasteiger charge is -2.35. The van der Waals surface area contributed by atoms with Crippen LogP contribution >= 0.6 is 0 Å². The molecule has 7 rings (SSSR count). The van der Waals surface area contributed by atoms with Crippen LogP contribution in [0.3, 0.4) is 0 Å². The summed E-state index contributed by atoms with van der Waals surface area (Å²) < 4.78 is 36.1. The van der Waals surface area contributed by atoms with Crippen molar-refractivity contribution in [1.29, 1.82) is 0 Å². The number of rotatable bonds is 5. The summed E-state index contributed by atoms with van der Waals surface area (Å²) in [6, 6.07) is 15.5. The van der Waals surface area contributed by atoms with Gasteiger partial charge in [0.25, 0.3) is 5.91 Å². The van der Waals surface area contributed by atoms with Crippen LogP contribution in [0.5, 0.6) is 11.8 Å². The van der Waals surface area contributed by atoms with E-state index in [4.69, 9.17) is 4.74 Å². The Kier molecular flexibility index (Phi) is 9.48. The van der Waals surface area contributed by atoms with E-state index in [1.807, 2.05) is 29.2 Å². The summed E-state index contributed by atoms with van der Waals surface area (Å²) in [5.41, 5.74) is 0.866. The number of fused-ring (bicyclic) bond motifs is 2. The first-order chi connectivity index (χ1) is 22.8. The molecule has 0 spiro atoms. The number of phenolic OH excluding ortho intramolecular Hbond substituents is 1. The summed E-state index contributed by atoms with van der Waals surface area (Å²) in [6.45, 7) is 3.74. The highest BCUT2D eigenvalue weighted by molar-refractivity contribution is 6.01. The van der Waals surface area contributed by atoms with Gasteiger partial charge in [0, 0.05) is 55.6 Å². The molecular weight excluding hydrogens is 604 g/mol. The number of halogens is 2. The van der Waals surface area contributed by atoms with Crippen molar-refractivity contribution in [3.05, 3.63) is 84.5 Å². The van der Waals surface area contributed by atoms with E-state index in [1.54, 1.807) is 24.3 Å². The molecule has 4 heterocycles. The average Bonchev–Trinajstić information content (AvgIpc) is 3.59. The lowest BCUT2D eigenvalue weighted by atomic mass is 9.96. The SMILES string of the molecule is CN1CCCC1.COc1nc(N2CCN(C(=O)/C(F)=C/c3ncccn3)CC2)c2ccc(-c3cc(O)cc4ccccc34)c(F)c2n1. The van der Waals surface area contributed by atoms with Gasteiger partial charge in [-0.05, 0) is 73.6 Å². The van der Waals surface area contributed by atoms with Gasteiger partial charge in [-0.2, -0.15) is 9.97 Å². The van der Waals surface area contributed by atoms with E-state index in [-0.39, 0.29) is 41.8 Å². The number of phenols is 1. The Balaban J connectivity index is 0.000000580. The smallest absolute Gasteiger partial charge is 0.318 e. The van der Waals surface area contributed by atoms with E-state index < -0.39 is 17.6 Å². The Bertz CT molecular complexity index is 1930. The maximum absolute atomic E-state index is 16.2. The number of aromatic hydroxyl groups is 1. The van der Waals surface area contributed by atoms with E-state index >= 15 is 4.39 Å². The van der Waals surface area contributed by atoms with Crippen molar-refractivity contribution in [3.8, 4) is 22.9 Å². The van der Waals surface area contributed by atoms with Crippen molar-refractivity contribution in [2.45, 2.75) is 12.8 Å². The Labute approximate surface area is 271 Å². The normalized spacial score (nSPS) is 15.5. The third-order valence-electron chi connectivity index (χ3n) is 8.33. The Morgan fingerprint density at radius 3 is 2.30 bits per heavy atom. The van der Waals surface area contributed by atoms with Crippen molar-refractivity contribution in [2.75, 3.05) is 58.3 Å². The van der Waals surface area contributed by atoms with Gasteiger partial charge in [-0.3, -0.25) is 4.79 Å². The second kappa shape index (κ2) is 14.0. The van der Waals surface area contributed by atoms with Crippen LogP contribution in [0, 0.1) is 5.82 Å². The molecule has 1 amide bonds. The number of hydrogen-bond acceptors (Lipinski definition) is 9. The predicted octanol–water partition coefficient (Wildman–Crippen LogP) is 5.46. The highest BCUT2D eigenvalue weighted by Crippen LogP contribution is 2.38. The highest BCUT2D eigenvalue weighted by atomic mass is 19.1. The van der Waals surface area contributed by atoms with Crippen LogP contribution in [0.1, 0.15) is 18.7 Å². The summed E-state index contributed by atoms with van der Waals surface area (Å²) in [4.78, 5) is 35.0. The lowest BCUT2D eigenvalue weighted by molar-refractivity contribution is -0.128. The molecule has 10 nitrogen and oxygen atoms in total. The Hall–Kier alpha value is -5.23. The number of aromatic nitrogens is 4. The van der Waals surface area contributed by atoms with Gasteiger partial charge >= 0.3 is 6.01 Å². The second-order valence-corrected chi connectivity index (χ2v) is 11.5. The minimum Gasteiger partial charge on any atom is -0.508 e. The van der Waals surface area contributed by atoms with Crippen molar-refractivity contribution in [3.63, 3.8) is 0 Å². The van der Waals surface area contributed by atoms with Crippen LogP contribution in [0.2, 0.25) is 0 Å². The van der Waals surface area contributed by atoms with Gasteiger partial charge in [-0.1, -0.05) is 30.3 Å². The minimum atomic E-state index is -0.951. The third kappa shape index (κ3) is 6.97. The maximum atomic E-state index is 16.2. The first kappa shape index (κ1) is 31.7. The number of hydrogen-bond donors (Lipinski definition) is 1.